The number of benzene rings is 1. The third-order valence-corrected chi connectivity index (χ3v) is 3.18. The monoisotopic (exact) mass is 299 g/mol. The largest absolute Gasteiger partial charge is 0.481 e. The van der Waals surface area contributed by atoms with Crippen LogP contribution in [-0.4, -0.2) is 27.0 Å². The number of rotatable bonds is 5. The Balaban J connectivity index is 2.02. The molecule has 6 nitrogen and oxygen atoms in total. The molecule has 0 spiro atoms. The van der Waals surface area contributed by atoms with Gasteiger partial charge in [-0.3, -0.25) is 9.59 Å². The molecule has 0 aliphatic heterocycles. The first kappa shape index (κ1) is 15.6. The number of aliphatic carboxylic acids is 1. The van der Waals surface area contributed by atoms with Gasteiger partial charge in [0.2, 0.25) is 0 Å². The summed E-state index contributed by atoms with van der Waals surface area (Å²) < 4.78 is 0. The zero-order valence-electron chi connectivity index (χ0n) is 12.4. The Labute approximate surface area is 128 Å². The average Bonchev–Trinajstić information content (AvgIpc) is 2.49. The number of aromatic nitrogens is 2. The average molecular weight is 299 g/mol. The Kier molecular flexibility index (Phi) is 4.83. The van der Waals surface area contributed by atoms with Crippen LogP contribution in [0, 0.1) is 12.8 Å². The number of nitrogens with zero attached hydrogens (tertiary/aromatic N) is 2. The van der Waals surface area contributed by atoms with Gasteiger partial charge in [-0.15, -0.1) is 0 Å². The summed E-state index contributed by atoms with van der Waals surface area (Å²) in [5, 5.41) is 11.6. The van der Waals surface area contributed by atoms with Crippen LogP contribution >= 0.6 is 0 Å². The van der Waals surface area contributed by atoms with Crippen LogP contribution in [0.4, 0.5) is 5.69 Å². The van der Waals surface area contributed by atoms with E-state index in [1.807, 2.05) is 0 Å². The zero-order valence-corrected chi connectivity index (χ0v) is 12.4. The quantitative estimate of drug-likeness (QED) is 0.883. The molecule has 0 aliphatic carbocycles. The van der Waals surface area contributed by atoms with Gasteiger partial charge in [-0.25, -0.2) is 9.97 Å². The molecule has 0 saturated heterocycles. The van der Waals surface area contributed by atoms with Gasteiger partial charge in [0.05, 0.1) is 5.92 Å². The predicted molar refractivity (Wildman–Crippen MR) is 81.7 cm³/mol. The van der Waals surface area contributed by atoms with Crippen molar-refractivity contribution in [3.8, 4) is 0 Å². The lowest BCUT2D eigenvalue weighted by molar-refractivity contribution is -0.141. The first-order chi connectivity index (χ1) is 10.5. The zero-order chi connectivity index (χ0) is 16.1. The van der Waals surface area contributed by atoms with Crippen molar-refractivity contribution in [2.75, 3.05) is 5.32 Å². The van der Waals surface area contributed by atoms with Crippen LogP contribution in [0.15, 0.2) is 36.5 Å². The SMILES string of the molecule is Cc1nccc(C(=O)Nc2ccc(CC(C)C(=O)O)cc2)n1. The van der Waals surface area contributed by atoms with E-state index >= 15 is 0 Å². The first-order valence-electron chi connectivity index (χ1n) is 6.88. The van der Waals surface area contributed by atoms with Crippen molar-refractivity contribution in [2.45, 2.75) is 20.3 Å². The van der Waals surface area contributed by atoms with Gasteiger partial charge in [0, 0.05) is 11.9 Å². The molecule has 0 saturated carbocycles. The number of carbonyl (C=O) groups excluding carboxylic acids is 1. The van der Waals surface area contributed by atoms with E-state index in [1.54, 1.807) is 44.2 Å². The summed E-state index contributed by atoms with van der Waals surface area (Å²) in [5.74, 6) is -1.04. The van der Waals surface area contributed by atoms with Crippen LogP contribution in [0.5, 0.6) is 0 Å². The van der Waals surface area contributed by atoms with Crippen molar-refractivity contribution in [1.29, 1.82) is 0 Å². The Morgan fingerprint density at radius 2 is 1.91 bits per heavy atom. The summed E-state index contributed by atoms with van der Waals surface area (Å²) in [7, 11) is 0. The second kappa shape index (κ2) is 6.80. The van der Waals surface area contributed by atoms with Gasteiger partial charge in [0.25, 0.3) is 5.91 Å². The highest BCUT2D eigenvalue weighted by molar-refractivity contribution is 6.02. The van der Waals surface area contributed by atoms with Gasteiger partial charge >= 0.3 is 5.97 Å². The third kappa shape index (κ3) is 4.12. The van der Waals surface area contributed by atoms with Gasteiger partial charge in [0.15, 0.2) is 0 Å². The van der Waals surface area contributed by atoms with E-state index in [0.717, 1.165) is 5.56 Å². The van der Waals surface area contributed by atoms with Crippen LogP contribution in [0.25, 0.3) is 0 Å². The highest BCUT2D eigenvalue weighted by Crippen LogP contribution is 2.14. The maximum atomic E-state index is 12.0. The van der Waals surface area contributed by atoms with Crippen molar-refractivity contribution >= 4 is 17.6 Å². The smallest absolute Gasteiger partial charge is 0.306 e. The molecule has 6 heteroatoms. The van der Waals surface area contributed by atoms with E-state index in [0.29, 0.717) is 23.6 Å². The van der Waals surface area contributed by atoms with Crippen molar-refractivity contribution < 1.29 is 14.7 Å². The van der Waals surface area contributed by atoms with Crippen molar-refractivity contribution in [2.24, 2.45) is 5.92 Å². The number of hydrogen-bond donors (Lipinski definition) is 2. The molecule has 1 heterocycles. The molecule has 1 amide bonds. The number of aryl methyl sites for hydroxylation is 1. The maximum absolute atomic E-state index is 12.0. The molecule has 2 N–H and O–H groups in total. The Morgan fingerprint density at radius 3 is 2.50 bits per heavy atom. The number of carbonyl (C=O) groups is 2. The van der Waals surface area contributed by atoms with Crippen molar-refractivity contribution in [1.82, 2.24) is 9.97 Å². The topological polar surface area (TPSA) is 92.2 Å². The second-order valence-electron chi connectivity index (χ2n) is 5.08. The van der Waals surface area contributed by atoms with Crippen molar-refractivity contribution in [3.63, 3.8) is 0 Å². The standard InChI is InChI=1S/C16H17N3O3/c1-10(16(21)22)9-12-3-5-13(6-4-12)19-15(20)14-7-8-17-11(2)18-14/h3-8,10H,9H2,1-2H3,(H,19,20)(H,21,22). The van der Waals surface area contributed by atoms with Gasteiger partial charge < -0.3 is 10.4 Å². The Bertz CT molecular complexity index is 683. The van der Waals surface area contributed by atoms with Crippen molar-refractivity contribution in [3.05, 3.63) is 53.6 Å². The summed E-state index contributed by atoms with van der Waals surface area (Å²) in [4.78, 5) is 30.9. The number of anilines is 1. The van der Waals surface area contributed by atoms with E-state index in [4.69, 9.17) is 5.11 Å². The molecule has 0 fully saturated rings. The molecule has 1 aromatic heterocycles. The highest BCUT2D eigenvalue weighted by atomic mass is 16.4. The fourth-order valence-corrected chi connectivity index (χ4v) is 1.94. The van der Waals surface area contributed by atoms with E-state index in [2.05, 4.69) is 15.3 Å². The Hall–Kier alpha value is -2.76. The molecule has 1 aromatic carbocycles. The van der Waals surface area contributed by atoms with Crippen LogP contribution in [-0.2, 0) is 11.2 Å². The highest BCUT2D eigenvalue weighted by Gasteiger charge is 2.12. The van der Waals surface area contributed by atoms with Crippen LogP contribution in [0.3, 0.4) is 0 Å². The minimum absolute atomic E-state index is 0.302. The molecule has 0 bridgehead atoms. The lowest BCUT2D eigenvalue weighted by Gasteiger charge is -2.08. The molecule has 114 valence electrons. The van der Waals surface area contributed by atoms with Crippen LogP contribution in [0.2, 0.25) is 0 Å². The number of hydrogen-bond acceptors (Lipinski definition) is 4. The number of nitrogens with one attached hydrogen (secondary N) is 1. The molecular formula is C16H17N3O3. The molecular weight excluding hydrogens is 282 g/mol. The minimum atomic E-state index is -0.823. The molecule has 0 aliphatic rings. The van der Waals surface area contributed by atoms with E-state index < -0.39 is 11.9 Å². The Morgan fingerprint density at radius 1 is 1.23 bits per heavy atom. The summed E-state index contributed by atoms with van der Waals surface area (Å²) in [6, 6.07) is 8.65. The molecule has 0 radical (unpaired) electrons. The number of carboxylic acids is 1. The normalized spacial score (nSPS) is 11.7. The maximum Gasteiger partial charge on any atom is 0.306 e. The fraction of sp³-hybridized carbons (Fsp3) is 0.250. The molecule has 2 aromatic rings. The lowest BCUT2D eigenvalue weighted by atomic mass is 10.0. The summed E-state index contributed by atoms with van der Waals surface area (Å²) >= 11 is 0. The molecule has 2 rings (SSSR count). The molecule has 22 heavy (non-hydrogen) atoms. The van der Waals surface area contributed by atoms with Crippen LogP contribution < -0.4 is 5.32 Å². The third-order valence-electron chi connectivity index (χ3n) is 3.18. The second-order valence-corrected chi connectivity index (χ2v) is 5.08. The lowest BCUT2D eigenvalue weighted by Crippen LogP contribution is -2.15. The number of carboxylic acid groups (broad SMARTS) is 1. The van der Waals surface area contributed by atoms with E-state index in [9.17, 15) is 9.59 Å². The van der Waals surface area contributed by atoms with Gasteiger partial charge in [-0.05, 0) is 37.1 Å². The molecule has 1 unspecified atom stereocenters. The minimum Gasteiger partial charge on any atom is -0.481 e. The summed E-state index contributed by atoms with van der Waals surface area (Å²) in [6.45, 7) is 3.38. The van der Waals surface area contributed by atoms with Gasteiger partial charge in [0.1, 0.15) is 11.5 Å². The van der Waals surface area contributed by atoms with Crippen LogP contribution in [0.1, 0.15) is 28.8 Å². The van der Waals surface area contributed by atoms with Gasteiger partial charge in [-0.2, -0.15) is 0 Å². The fourth-order valence-electron chi connectivity index (χ4n) is 1.94. The van der Waals surface area contributed by atoms with Gasteiger partial charge in [-0.1, -0.05) is 19.1 Å². The van der Waals surface area contributed by atoms with E-state index in [1.165, 1.54) is 6.20 Å². The summed E-state index contributed by atoms with van der Waals surface area (Å²) in [5.41, 5.74) is 1.84. The predicted octanol–water partition coefficient (Wildman–Crippen LogP) is 2.30. The summed E-state index contributed by atoms with van der Waals surface area (Å²) in [6.07, 6.45) is 1.99. The molecule has 1 atom stereocenters. The number of amides is 1. The van der Waals surface area contributed by atoms with E-state index in [-0.39, 0.29) is 5.91 Å². The first-order valence-corrected chi connectivity index (χ1v) is 6.88.